The number of carboxylic acids is 1. The number of amides is 3. The molecule has 4 rings (SSSR count). The van der Waals surface area contributed by atoms with Gasteiger partial charge < -0.3 is 25.0 Å². The molecule has 12 heteroatoms. The van der Waals surface area contributed by atoms with Gasteiger partial charge >= 0.3 is 12.1 Å². The summed E-state index contributed by atoms with van der Waals surface area (Å²) in [5.41, 5.74) is 1.19. The van der Waals surface area contributed by atoms with E-state index in [1.54, 1.807) is 62.6 Å². The monoisotopic (exact) mass is 546 g/mol. The third-order valence-corrected chi connectivity index (χ3v) is 6.38. The van der Waals surface area contributed by atoms with Gasteiger partial charge in [0, 0.05) is 33.6 Å². The third kappa shape index (κ3) is 5.70. The quantitative estimate of drug-likeness (QED) is 0.363. The highest BCUT2D eigenvalue weighted by Gasteiger charge is 2.38. The zero-order chi connectivity index (χ0) is 29.0. The number of fused-ring (bicyclic) bond motifs is 1. The molecule has 1 aliphatic rings. The Labute approximate surface area is 231 Å². The molecule has 3 amide bonds. The molecular weight excluding hydrogens is 516 g/mol. The van der Waals surface area contributed by atoms with E-state index >= 15 is 0 Å². The van der Waals surface area contributed by atoms with Crippen molar-refractivity contribution in [2.45, 2.75) is 26.3 Å². The standard InChI is InChI=1S/C28H30N6O6/c1-5-33(6-2)27-29-16-22(34-24(35)19-9-7-8-10-20(19)25(34)36)23(31-27)30-21(26(37)38)15-17-11-13-18(14-12-17)40-28(39)32(3)4/h7-14,16,21H,5-6,15H2,1-4H3,(H,37,38)(H,29,30,31)/t21-/m0/s1. The van der Waals surface area contributed by atoms with E-state index in [0.717, 1.165) is 4.90 Å². The first-order valence-corrected chi connectivity index (χ1v) is 12.7. The smallest absolute Gasteiger partial charge is 0.414 e. The Balaban J connectivity index is 1.66. The molecule has 0 saturated heterocycles. The topological polar surface area (TPSA) is 145 Å². The van der Waals surface area contributed by atoms with Crippen molar-refractivity contribution in [1.29, 1.82) is 0 Å². The Morgan fingerprint density at radius 3 is 2.12 bits per heavy atom. The number of benzene rings is 2. The summed E-state index contributed by atoms with van der Waals surface area (Å²) >= 11 is 0. The number of ether oxygens (including phenoxy) is 1. The molecule has 0 bridgehead atoms. The molecule has 1 aromatic heterocycles. The van der Waals surface area contributed by atoms with Crippen molar-refractivity contribution in [3.63, 3.8) is 0 Å². The number of hydrogen-bond acceptors (Lipinski definition) is 9. The number of carbonyl (C=O) groups is 4. The van der Waals surface area contributed by atoms with Crippen LogP contribution in [0.1, 0.15) is 40.1 Å². The highest BCUT2D eigenvalue weighted by molar-refractivity contribution is 6.35. The van der Waals surface area contributed by atoms with Gasteiger partial charge in [0.2, 0.25) is 5.95 Å². The van der Waals surface area contributed by atoms with Gasteiger partial charge in [0.05, 0.1) is 17.3 Å². The number of nitrogens with one attached hydrogen (secondary N) is 1. The Bertz CT molecular complexity index is 1400. The fourth-order valence-corrected chi connectivity index (χ4v) is 4.19. The fraction of sp³-hybridized carbons (Fsp3) is 0.286. The summed E-state index contributed by atoms with van der Waals surface area (Å²) in [6.45, 7) is 5.04. The average Bonchev–Trinajstić information content (AvgIpc) is 3.19. The lowest BCUT2D eigenvalue weighted by Gasteiger charge is -2.24. The SMILES string of the molecule is CCN(CC)c1ncc(N2C(=O)c3ccccc3C2=O)c(N[C@@H](Cc2ccc(OC(=O)N(C)C)cc2)C(=O)O)n1. The van der Waals surface area contributed by atoms with E-state index < -0.39 is 29.9 Å². The summed E-state index contributed by atoms with van der Waals surface area (Å²) in [5.74, 6) is -1.58. The lowest BCUT2D eigenvalue weighted by Crippen LogP contribution is -2.36. The van der Waals surface area contributed by atoms with E-state index in [1.165, 1.54) is 11.1 Å². The predicted octanol–water partition coefficient (Wildman–Crippen LogP) is 3.29. The van der Waals surface area contributed by atoms with E-state index in [-0.39, 0.29) is 29.1 Å². The van der Waals surface area contributed by atoms with Crippen molar-refractivity contribution < 1.29 is 29.0 Å². The van der Waals surface area contributed by atoms with E-state index in [9.17, 15) is 24.3 Å². The molecule has 40 heavy (non-hydrogen) atoms. The summed E-state index contributed by atoms with van der Waals surface area (Å²) in [6.07, 6.45) is 0.854. The van der Waals surface area contributed by atoms with Crippen molar-refractivity contribution in [2.24, 2.45) is 0 Å². The third-order valence-electron chi connectivity index (χ3n) is 6.38. The van der Waals surface area contributed by atoms with Crippen molar-refractivity contribution in [3.8, 4) is 5.75 Å². The molecule has 2 heterocycles. The van der Waals surface area contributed by atoms with Gasteiger partial charge in [0.15, 0.2) is 5.82 Å². The van der Waals surface area contributed by atoms with Gasteiger partial charge in [-0.15, -0.1) is 0 Å². The van der Waals surface area contributed by atoms with E-state index in [1.807, 2.05) is 18.7 Å². The van der Waals surface area contributed by atoms with Gasteiger partial charge in [0.25, 0.3) is 11.8 Å². The molecule has 0 saturated carbocycles. The van der Waals surface area contributed by atoms with Crippen LogP contribution in [0.3, 0.4) is 0 Å². The van der Waals surface area contributed by atoms with Crippen LogP contribution in [0, 0.1) is 0 Å². The zero-order valence-electron chi connectivity index (χ0n) is 22.6. The van der Waals surface area contributed by atoms with Crippen molar-refractivity contribution in [2.75, 3.05) is 42.3 Å². The Hall–Kier alpha value is -5.00. The number of carbonyl (C=O) groups excluding carboxylic acids is 3. The van der Waals surface area contributed by atoms with Gasteiger partial charge in [-0.05, 0) is 43.7 Å². The molecule has 0 radical (unpaired) electrons. The number of rotatable bonds is 10. The zero-order valence-corrected chi connectivity index (χ0v) is 22.6. The number of aliphatic carboxylic acids is 1. The van der Waals surface area contributed by atoms with Crippen molar-refractivity contribution >= 4 is 41.3 Å². The number of hydrogen-bond donors (Lipinski definition) is 2. The minimum absolute atomic E-state index is 0.0312. The highest BCUT2D eigenvalue weighted by atomic mass is 16.6. The number of imide groups is 1. The van der Waals surface area contributed by atoms with Crippen LogP contribution < -0.4 is 19.9 Å². The largest absolute Gasteiger partial charge is 0.480 e. The van der Waals surface area contributed by atoms with Gasteiger partial charge in [-0.3, -0.25) is 9.59 Å². The van der Waals surface area contributed by atoms with Crippen LogP contribution in [0.5, 0.6) is 5.75 Å². The predicted molar refractivity (Wildman–Crippen MR) is 148 cm³/mol. The number of anilines is 3. The second-order valence-electron chi connectivity index (χ2n) is 9.21. The molecule has 0 aliphatic carbocycles. The van der Waals surface area contributed by atoms with Crippen LogP contribution in [0.25, 0.3) is 0 Å². The highest BCUT2D eigenvalue weighted by Crippen LogP contribution is 2.33. The number of nitrogens with zero attached hydrogens (tertiary/aromatic N) is 5. The fourth-order valence-electron chi connectivity index (χ4n) is 4.19. The summed E-state index contributed by atoms with van der Waals surface area (Å²) in [5, 5.41) is 13.0. The van der Waals surface area contributed by atoms with Crippen LogP contribution in [-0.2, 0) is 11.2 Å². The van der Waals surface area contributed by atoms with Crippen LogP contribution in [0.2, 0.25) is 0 Å². The molecular formula is C28H30N6O6. The normalized spacial score (nSPS) is 13.1. The van der Waals surface area contributed by atoms with Crippen LogP contribution >= 0.6 is 0 Å². The molecule has 12 nitrogen and oxygen atoms in total. The molecule has 2 aromatic carbocycles. The maximum Gasteiger partial charge on any atom is 0.414 e. The van der Waals surface area contributed by atoms with Crippen LogP contribution in [-0.4, -0.2) is 77.1 Å². The van der Waals surface area contributed by atoms with E-state index in [4.69, 9.17) is 4.74 Å². The van der Waals surface area contributed by atoms with E-state index in [0.29, 0.717) is 30.4 Å². The Morgan fingerprint density at radius 2 is 1.60 bits per heavy atom. The van der Waals surface area contributed by atoms with Gasteiger partial charge in [0.1, 0.15) is 17.5 Å². The first-order valence-electron chi connectivity index (χ1n) is 12.7. The summed E-state index contributed by atoms with van der Waals surface area (Å²) in [7, 11) is 3.13. The molecule has 0 fully saturated rings. The minimum Gasteiger partial charge on any atom is -0.480 e. The van der Waals surface area contributed by atoms with Crippen LogP contribution in [0.15, 0.2) is 54.7 Å². The Kier molecular flexibility index (Phi) is 8.27. The molecule has 1 aliphatic heterocycles. The Morgan fingerprint density at radius 1 is 1.00 bits per heavy atom. The van der Waals surface area contributed by atoms with Gasteiger partial charge in [-0.1, -0.05) is 24.3 Å². The molecule has 2 N–H and O–H groups in total. The van der Waals surface area contributed by atoms with Gasteiger partial charge in [-0.2, -0.15) is 4.98 Å². The average molecular weight is 547 g/mol. The lowest BCUT2D eigenvalue weighted by molar-refractivity contribution is -0.137. The maximum atomic E-state index is 13.2. The second kappa shape index (κ2) is 11.8. The summed E-state index contributed by atoms with van der Waals surface area (Å²) < 4.78 is 5.22. The lowest BCUT2D eigenvalue weighted by atomic mass is 10.1. The van der Waals surface area contributed by atoms with E-state index in [2.05, 4.69) is 15.3 Å². The second-order valence-corrected chi connectivity index (χ2v) is 9.21. The van der Waals surface area contributed by atoms with Crippen molar-refractivity contribution in [3.05, 3.63) is 71.4 Å². The first-order chi connectivity index (χ1) is 19.1. The molecule has 0 spiro atoms. The van der Waals surface area contributed by atoms with Crippen molar-refractivity contribution in [1.82, 2.24) is 14.9 Å². The summed E-state index contributed by atoms with van der Waals surface area (Å²) in [4.78, 5) is 63.6. The molecule has 3 aromatic rings. The summed E-state index contributed by atoms with van der Waals surface area (Å²) in [6, 6.07) is 11.7. The molecule has 208 valence electrons. The minimum atomic E-state index is -1.18. The van der Waals surface area contributed by atoms with Crippen LogP contribution in [0.4, 0.5) is 22.2 Å². The molecule has 0 unspecified atom stereocenters. The number of aromatic nitrogens is 2. The maximum absolute atomic E-state index is 13.2. The van der Waals surface area contributed by atoms with Gasteiger partial charge in [-0.25, -0.2) is 19.5 Å². The molecule has 1 atom stereocenters. The first kappa shape index (κ1) is 28.0. The number of carboxylic acid groups (broad SMARTS) is 1.